The normalized spacial score (nSPS) is 14.0. The van der Waals surface area contributed by atoms with E-state index < -0.39 is 97.5 Å². The van der Waals surface area contributed by atoms with Crippen LogP contribution in [-0.2, 0) is 65.4 Å². The lowest BCUT2D eigenvalue weighted by Crippen LogP contribution is -2.30. The fourth-order valence-corrected chi connectivity index (χ4v) is 15.4. The van der Waals surface area contributed by atoms with E-state index in [1.165, 1.54) is 302 Å². The SMILES string of the molecule is CCCCCCCCCCCCCCCCCCCCCCC(=O)O[C@H](COC(=O)CCCCCCCCCCCCCCCCC(C)CC)COP(=O)(O)OC[C@@H](O)COP(=O)(O)OC[C@@H](COC(=O)CCCCCCCCCCCCCCC)OC(=O)CCCCCCCCCCCCCCCCCC. The Kier molecular flexibility index (Phi) is 79.2. The van der Waals surface area contributed by atoms with Gasteiger partial charge in [0.25, 0.3) is 0 Å². The largest absolute Gasteiger partial charge is 0.472 e. The summed E-state index contributed by atoms with van der Waals surface area (Å²) in [6.45, 7) is 7.44. The summed E-state index contributed by atoms with van der Waals surface area (Å²) in [6.07, 6.45) is 74.8. The van der Waals surface area contributed by atoms with Gasteiger partial charge in [0.15, 0.2) is 12.2 Å². The number of rotatable bonds is 88. The van der Waals surface area contributed by atoms with Gasteiger partial charge in [0.2, 0.25) is 0 Å². The van der Waals surface area contributed by atoms with E-state index in [9.17, 15) is 43.2 Å². The minimum atomic E-state index is -4.97. The van der Waals surface area contributed by atoms with E-state index in [4.69, 9.17) is 37.0 Å². The number of hydrogen-bond acceptors (Lipinski definition) is 15. The van der Waals surface area contributed by atoms with Crippen LogP contribution < -0.4 is 0 Å². The summed E-state index contributed by atoms with van der Waals surface area (Å²) in [6, 6.07) is 0. The third-order valence-electron chi connectivity index (χ3n) is 21.1. The van der Waals surface area contributed by atoms with E-state index in [2.05, 4.69) is 34.6 Å². The summed E-state index contributed by atoms with van der Waals surface area (Å²) in [5, 5.41) is 10.7. The van der Waals surface area contributed by atoms with Crippen LogP contribution in [0.25, 0.3) is 0 Å². The summed E-state index contributed by atoms with van der Waals surface area (Å²) < 4.78 is 69.0. The second kappa shape index (κ2) is 80.7. The first-order valence-corrected chi connectivity index (χ1v) is 48.7. The summed E-state index contributed by atoms with van der Waals surface area (Å²) >= 11 is 0. The maximum absolute atomic E-state index is 13.2. The molecule has 3 N–H and O–H groups in total. The van der Waals surface area contributed by atoms with Crippen LogP contribution in [0.15, 0.2) is 0 Å². The number of aliphatic hydroxyl groups excluding tert-OH is 1. The average molecular weight is 1560 g/mol. The third-order valence-corrected chi connectivity index (χ3v) is 23.0. The highest BCUT2D eigenvalue weighted by atomic mass is 31.2. The molecule has 0 saturated carbocycles. The monoisotopic (exact) mass is 1560 g/mol. The molecule has 0 rings (SSSR count). The van der Waals surface area contributed by atoms with Crippen molar-refractivity contribution in [2.45, 2.75) is 496 Å². The van der Waals surface area contributed by atoms with Crippen LogP contribution >= 0.6 is 15.6 Å². The van der Waals surface area contributed by atoms with Gasteiger partial charge in [-0.1, -0.05) is 426 Å². The number of aliphatic hydroxyl groups is 1. The highest BCUT2D eigenvalue weighted by Crippen LogP contribution is 2.45. The van der Waals surface area contributed by atoms with Gasteiger partial charge in [-0.05, 0) is 31.6 Å². The molecule has 0 aromatic heterocycles. The molecule has 0 fully saturated rings. The predicted molar refractivity (Wildman–Crippen MR) is 442 cm³/mol. The van der Waals surface area contributed by atoms with Gasteiger partial charge in [0.1, 0.15) is 19.3 Å². The minimum absolute atomic E-state index is 0.109. The minimum Gasteiger partial charge on any atom is -0.462 e. The van der Waals surface area contributed by atoms with E-state index in [-0.39, 0.29) is 25.7 Å². The number of phosphoric acid groups is 2. The Morgan fingerprint density at radius 3 is 0.664 bits per heavy atom. The fourth-order valence-electron chi connectivity index (χ4n) is 13.8. The molecule has 6 atom stereocenters. The van der Waals surface area contributed by atoms with Gasteiger partial charge in [-0.3, -0.25) is 37.3 Å². The molecule has 636 valence electrons. The Hall–Kier alpha value is -1.94. The van der Waals surface area contributed by atoms with E-state index in [0.29, 0.717) is 25.7 Å². The zero-order chi connectivity index (χ0) is 78.3. The van der Waals surface area contributed by atoms with Crippen molar-refractivity contribution in [2.75, 3.05) is 39.6 Å². The van der Waals surface area contributed by atoms with Crippen molar-refractivity contribution in [1.82, 2.24) is 0 Å². The van der Waals surface area contributed by atoms with Crippen LogP contribution in [0.3, 0.4) is 0 Å². The molecule has 17 nitrogen and oxygen atoms in total. The fraction of sp³-hybridized carbons (Fsp3) is 0.955. The van der Waals surface area contributed by atoms with Crippen molar-refractivity contribution in [2.24, 2.45) is 5.92 Å². The van der Waals surface area contributed by atoms with E-state index in [1.807, 2.05) is 0 Å². The number of hydrogen-bond donors (Lipinski definition) is 3. The smallest absolute Gasteiger partial charge is 0.462 e. The Bertz CT molecular complexity index is 2030. The van der Waals surface area contributed by atoms with Gasteiger partial charge in [-0.15, -0.1) is 0 Å². The lowest BCUT2D eigenvalue weighted by atomic mass is 9.99. The van der Waals surface area contributed by atoms with Crippen LogP contribution in [0, 0.1) is 5.92 Å². The zero-order valence-electron chi connectivity index (χ0n) is 70.3. The number of ether oxygens (including phenoxy) is 4. The van der Waals surface area contributed by atoms with E-state index >= 15 is 0 Å². The first-order valence-electron chi connectivity index (χ1n) is 45.7. The Balaban J connectivity index is 5.26. The quantitative estimate of drug-likeness (QED) is 0.0222. The number of unbranched alkanes of at least 4 members (excludes halogenated alkanes) is 59. The van der Waals surface area contributed by atoms with Gasteiger partial charge in [-0.25, -0.2) is 9.13 Å². The lowest BCUT2D eigenvalue weighted by molar-refractivity contribution is -0.161. The molecule has 0 amide bonds. The van der Waals surface area contributed by atoms with Crippen LogP contribution in [0.4, 0.5) is 0 Å². The van der Waals surface area contributed by atoms with Crippen molar-refractivity contribution in [3.63, 3.8) is 0 Å². The van der Waals surface area contributed by atoms with Crippen molar-refractivity contribution in [3.8, 4) is 0 Å². The molecule has 0 radical (unpaired) electrons. The number of carbonyl (C=O) groups is 4. The summed E-state index contributed by atoms with van der Waals surface area (Å²) in [5.41, 5.74) is 0. The second-order valence-electron chi connectivity index (χ2n) is 31.9. The first kappa shape index (κ1) is 105. The predicted octanol–water partition coefficient (Wildman–Crippen LogP) is 27.2. The van der Waals surface area contributed by atoms with E-state index in [1.54, 1.807) is 0 Å². The van der Waals surface area contributed by atoms with Crippen LogP contribution in [0.5, 0.6) is 0 Å². The summed E-state index contributed by atoms with van der Waals surface area (Å²) in [5.74, 6) is -1.24. The summed E-state index contributed by atoms with van der Waals surface area (Å²) in [4.78, 5) is 73.3. The maximum Gasteiger partial charge on any atom is 0.472 e. The van der Waals surface area contributed by atoms with Crippen molar-refractivity contribution in [1.29, 1.82) is 0 Å². The molecule has 107 heavy (non-hydrogen) atoms. The van der Waals surface area contributed by atoms with E-state index in [0.717, 1.165) is 95.8 Å². The molecule has 0 aliphatic heterocycles. The summed E-state index contributed by atoms with van der Waals surface area (Å²) in [7, 11) is -9.93. The lowest BCUT2D eigenvalue weighted by Gasteiger charge is -2.21. The third kappa shape index (κ3) is 80.5. The van der Waals surface area contributed by atoms with Crippen molar-refractivity contribution < 1.29 is 80.2 Å². The standard InChI is InChI=1S/C88H172O17P2/c1-6-10-13-16-19-22-25-28-30-32-33-34-35-37-44-49-54-59-64-69-74-88(93)105-84(78-99-86(91)72-67-62-57-52-47-42-39-38-41-45-50-55-60-65-70-81(5)9-4)80-103-107(96,97)101-76-82(89)75-100-106(94,95)102-79-83(77-98-85(90)71-66-61-56-51-46-40-27-24-21-18-15-12-8-3)104-87(92)73-68-63-58-53-48-43-36-31-29-26-23-20-17-14-11-7-2/h81-84,89H,6-80H2,1-5H3,(H,94,95)(H,96,97)/t81?,82-,83+,84+/m0/s1. The van der Waals surface area contributed by atoms with Gasteiger partial charge in [-0.2, -0.15) is 0 Å². The Morgan fingerprint density at radius 2 is 0.449 bits per heavy atom. The highest BCUT2D eigenvalue weighted by Gasteiger charge is 2.30. The topological polar surface area (TPSA) is 237 Å². The molecule has 0 heterocycles. The number of phosphoric ester groups is 2. The van der Waals surface area contributed by atoms with Gasteiger partial charge >= 0.3 is 39.5 Å². The molecular formula is C88H172O17P2. The molecule has 0 aromatic rings. The second-order valence-corrected chi connectivity index (χ2v) is 34.8. The average Bonchev–Trinajstić information content (AvgIpc) is 0.902. The number of carbonyl (C=O) groups excluding carboxylic acids is 4. The zero-order valence-corrected chi connectivity index (χ0v) is 72.1. The van der Waals surface area contributed by atoms with Crippen molar-refractivity contribution >= 4 is 39.5 Å². The maximum atomic E-state index is 13.2. The molecule has 0 aliphatic rings. The van der Waals surface area contributed by atoms with Crippen LogP contribution in [-0.4, -0.2) is 96.7 Å². The first-order chi connectivity index (χ1) is 52.1. The molecule has 0 spiro atoms. The molecular weight excluding hydrogens is 1390 g/mol. The van der Waals surface area contributed by atoms with Crippen molar-refractivity contribution in [3.05, 3.63) is 0 Å². The molecule has 0 saturated heterocycles. The Morgan fingerprint density at radius 1 is 0.262 bits per heavy atom. The highest BCUT2D eigenvalue weighted by molar-refractivity contribution is 7.47. The Labute approximate surface area is 658 Å². The molecule has 0 bridgehead atoms. The van der Waals surface area contributed by atoms with Gasteiger partial charge in [0, 0.05) is 25.7 Å². The molecule has 0 aliphatic carbocycles. The van der Waals surface area contributed by atoms with Crippen LogP contribution in [0.1, 0.15) is 478 Å². The number of esters is 4. The molecule has 0 aromatic carbocycles. The van der Waals surface area contributed by atoms with Crippen LogP contribution in [0.2, 0.25) is 0 Å². The van der Waals surface area contributed by atoms with Gasteiger partial charge in [0.05, 0.1) is 26.4 Å². The molecule has 3 unspecified atom stereocenters. The molecule has 19 heteroatoms. The van der Waals surface area contributed by atoms with Gasteiger partial charge < -0.3 is 33.8 Å².